The Morgan fingerprint density at radius 2 is 1.83 bits per heavy atom. The van der Waals surface area contributed by atoms with Gasteiger partial charge < -0.3 is 4.90 Å². The first-order valence-corrected chi connectivity index (χ1v) is 7.13. The van der Waals surface area contributed by atoms with Crippen molar-refractivity contribution in [2.24, 2.45) is 11.8 Å². The molecule has 1 aromatic rings. The quantitative estimate of drug-likeness (QED) is 0.765. The first kappa shape index (κ1) is 13.6. The first-order chi connectivity index (χ1) is 8.45. The van der Waals surface area contributed by atoms with Crippen LogP contribution in [0.4, 0.5) is 5.82 Å². The van der Waals surface area contributed by atoms with Crippen LogP contribution in [-0.2, 0) is 0 Å². The highest BCUT2D eigenvalue weighted by Crippen LogP contribution is 2.27. The Morgan fingerprint density at radius 1 is 1.22 bits per heavy atom. The molecular formula is C14H22ClN3. The zero-order valence-corrected chi connectivity index (χ0v) is 12.4. The van der Waals surface area contributed by atoms with Crippen molar-refractivity contribution < 1.29 is 0 Å². The smallest absolute Gasteiger partial charge is 0.135 e. The molecule has 3 nitrogen and oxygen atoms in total. The number of hydrogen-bond donors (Lipinski definition) is 0. The molecule has 100 valence electrons. The SMILES string of the molecule is CC1CC(C)CN(c2cc(Cl)nc(C(C)C)n2)C1. The third-order valence-corrected chi connectivity index (χ3v) is 3.60. The van der Waals surface area contributed by atoms with Crippen molar-refractivity contribution in [3.8, 4) is 0 Å². The molecule has 0 saturated carbocycles. The van der Waals surface area contributed by atoms with Gasteiger partial charge in [-0.05, 0) is 18.3 Å². The Morgan fingerprint density at radius 3 is 2.39 bits per heavy atom. The highest BCUT2D eigenvalue weighted by molar-refractivity contribution is 6.29. The van der Waals surface area contributed by atoms with Gasteiger partial charge in [0.2, 0.25) is 0 Å². The van der Waals surface area contributed by atoms with Crippen molar-refractivity contribution in [1.29, 1.82) is 0 Å². The molecule has 0 N–H and O–H groups in total. The van der Waals surface area contributed by atoms with Crippen molar-refractivity contribution in [2.75, 3.05) is 18.0 Å². The summed E-state index contributed by atoms with van der Waals surface area (Å²) in [5.74, 6) is 3.55. The Kier molecular flexibility index (Phi) is 4.10. The van der Waals surface area contributed by atoms with Gasteiger partial charge >= 0.3 is 0 Å². The largest absolute Gasteiger partial charge is 0.356 e. The van der Waals surface area contributed by atoms with Crippen molar-refractivity contribution in [1.82, 2.24) is 9.97 Å². The summed E-state index contributed by atoms with van der Waals surface area (Å²) in [5, 5.41) is 0.551. The van der Waals surface area contributed by atoms with Gasteiger partial charge in [0.05, 0.1) is 0 Å². The minimum Gasteiger partial charge on any atom is -0.356 e. The number of piperidine rings is 1. The van der Waals surface area contributed by atoms with E-state index in [-0.39, 0.29) is 0 Å². The van der Waals surface area contributed by atoms with Crippen LogP contribution in [0.1, 0.15) is 45.9 Å². The van der Waals surface area contributed by atoms with Gasteiger partial charge in [0.25, 0.3) is 0 Å². The van der Waals surface area contributed by atoms with E-state index in [9.17, 15) is 0 Å². The molecule has 2 heterocycles. The molecule has 1 aliphatic rings. The zero-order valence-electron chi connectivity index (χ0n) is 11.7. The maximum Gasteiger partial charge on any atom is 0.135 e. The van der Waals surface area contributed by atoms with E-state index in [2.05, 4.69) is 42.6 Å². The molecule has 1 fully saturated rings. The fraction of sp³-hybridized carbons (Fsp3) is 0.714. The highest BCUT2D eigenvalue weighted by atomic mass is 35.5. The van der Waals surface area contributed by atoms with E-state index in [1.165, 1.54) is 6.42 Å². The van der Waals surface area contributed by atoms with Crippen LogP contribution in [0, 0.1) is 11.8 Å². The third-order valence-electron chi connectivity index (χ3n) is 3.41. The van der Waals surface area contributed by atoms with Crippen LogP contribution < -0.4 is 4.90 Å². The number of nitrogens with zero attached hydrogens (tertiary/aromatic N) is 3. The molecule has 18 heavy (non-hydrogen) atoms. The summed E-state index contributed by atoms with van der Waals surface area (Å²) in [4.78, 5) is 11.3. The van der Waals surface area contributed by atoms with Gasteiger partial charge in [-0.25, -0.2) is 9.97 Å². The predicted octanol–water partition coefficient (Wildman–Crippen LogP) is 3.74. The maximum absolute atomic E-state index is 6.11. The van der Waals surface area contributed by atoms with Crippen LogP contribution >= 0.6 is 11.6 Å². The Balaban J connectivity index is 2.26. The maximum atomic E-state index is 6.11. The first-order valence-electron chi connectivity index (χ1n) is 6.75. The normalized spacial score (nSPS) is 24.7. The fourth-order valence-corrected chi connectivity index (χ4v) is 2.88. The second kappa shape index (κ2) is 5.43. The molecule has 0 amide bonds. The van der Waals surface area contributed by atoms with Crippen molar-refractivity contribution in [3.05, 3.63) is 17.0 Å². The molecule has 2 atom stereocenters. The van der Waals surface area contributed by atoms with E-state index in [1.807, 2.05) is 6.07 Å². The third kappa shape index (κ3) is 3.14. The van der Waals surface area contributed by atoms with Gasteiger partial charge in [-0.1, -0.05) is 39.3 Å². The Labute approximate surface area is 115 Å². The molecule has 0 radical (unpaired) electrons. The number of anilines is 1. The molecule has 4 heteroatoms. The van der Waals surface area contributed by atoms with Crippen molar-refractivity contribution >= 4 is 17.4 Å². The number of aromatic nitrogens is 2. The fourth-order valence-electron chi connectivity index (χ4n) is 2.69. The summed E-state index contributed by atoms with van der Waals surface area (Å²) >= 11 is 6.11. The van der Waals surface area contributed by atoms with Gasteiger partial charge in [0.15, 0.2) is 0 Å². The van der Waals surface area contributed by atoms with E-state index in [0.717, 1.165) is 24.7 Å². The van der Waals surface area contributed by atoms with Crippen LogP contribution in [0.2, 0.25) is 5.15 Å². The molecule has 1 saturated heterocycles. The van der Waals surface area contributed by atoms with E-state index in [1.54, 1.807) is 0 Å². The lowest BCUT2D eigenvalue weighted by Gasteiger charge is -2.36. The summed E-state index contributed by atoms with van der Waals surface area (Å²) < 4.78 is 0. The standard InChI is InChI=1S/C14H22ClN3/c1-9(2)14-16-12(15)6-13(17-14)18-7-10(3)5-11(4)8-18/h6,9-11H,5,7-8H2,1-4H3. The second-order valence-electron chi connectivity index (χ2n) is 5.91. The van der Waals surface area contributed by atoms with E-state index >= 15 is 0 Å². The number of hydrogen-bond acceptors (Lipinski definition) is 3. The van der Waals surface area contributed by atoms with E-state index < -0.39 is 0 Å². The highest BCUT2D eigenvalue weighted by Gasteiger charge is 2.23. The average molecular weight is 268 g/mol. The van der Waals surface area contributed by atoms with Gasteiger partial charge in [-0.2, -0.15) is 0 Å². The molecule has 0 aromatic carbocycles. The monoisotopic (exact) mass is 267 g/mol. The van der Waals surface area contributed by atoms with Crippen LogP contribution in [0.5, 0.6) is 0 Å². The Hall–Kier alpha value is -0.830. The summed E-state index contributed by atoms with van der Waals surface area (Å²) in [5.41, 5.74) is 0. The number of rotatable bonds is 2. The summed E-state index contributed by atoms with van der Waals surface area (Å²) in [6.07, 6.45) is 1.30. The summed E-state index contributed by atoms with van der Waals surface area (Å²) in [6.45, 7) is 10.9. The van der Waals surface area contributed by atoms with Crippen LogP contribution in [0.25, 0.3) is 0 Å². The Bertz CT molecular complexity index is 410. The van der Waals surface area contributed by atoms with Gasteiger partial charge in [0, 0.05) is 25.1 Å². The van der Waals surface area contributed by atoms with Crippen molar-refractivity contribution in [2.45, 2.75) is 40.0 Å². The molecular weight excluding hydrogens is 246 g/mol. The van der Waals surface area contributed by atoms with E-state index in [4.69, 9.17) is 11.6 Å². The number of halogens is 1. The van der Waals surface area contributed by atoms with Gasteiger partial charge in [0.1, 0.15) is 16.8 Å². The second-order valence-corrected chi connectivity index (χ2v) is 6.30. The van der Waals surface area contributed by atoms with Crippen LogP contribution in [0.15, 0.2) is 6.07 Å². The molecule has 1 aliphatic heterocycles. The molecule has 0 spiro atoms. The van der Waals surface area contributed by atoms with Crippen LogP contribution in [0.3, 0.4) is 0 Å². The molecule has 0 aliphatic carbocycles. The lowest BCUT2D eigenvalue weighted by atomic mass is 9.92. The van der Waals surface area contributed by atoms with Gasteiger partial charge in [-0.3, -0.25) is 0 Å². The van der Waals surface area contributed by atoms with Crippen LogP contribution in [-0.4, -0.2) is 23.1 Å². The molecule has 1 aromatic heterocycles. The topological polar surface area (TPSA) is 29.0 Å². The zero-order chi connectivity index (χ0) is 13.3. The average Bonchev–Trinajstić information content (AvgIpc) is 2.26. The summed E-state index contributed by atoms with van der Waals surface area (Å²) in [7, 11) is 0. The lowest BCUT2D eigenvalue weighted by molar-refractivity contribution is 0.355. The summed E-state index contributed by atoms with van der Waals surface area (Å²) in [6, 6.07) is 1.89. The van der Waals surface area contributed by atoms with E-state index in [0.29, 0.717) is 22.9 Å². The molecule has 2 rings (SSSR count). The minimum atomic E-state index is 0.307. The minimum absolute atomic E-state index is 0.307. The van der Waals surface area contributed by atoms with Crippen molar-refractivity contribution in [3.63, 3.8) is 0 Å². The molecule has 2 unspecified atom stereocenters. The predicted molar refractivity (Wildman–Crippen MR) is 76.3 cm³/mol. The lowest BCUT2D eigenvalue weighted by Crippen LogP contribution is -2.39. The molecule has 0 bridgehead atoms. The van der Waals surface area contributed by atoms with Gasteiger partial charge in [-0.15, -0.1) is 0 Å².